The molecule has 0 spiro atoms. The monoisotopic (exact) mass is 285 g/mol. The van der Waals surface area contributed by atoms with Crippen molar-refractivity contribution >= 4 is 23.2 Å². The van der Waals surface area contributed by atoms with E-state index in [2.05, 4.69) is 20.0 Å². The van der Waals surface area contributed by atoms with Gasteiger partial charge in [-0.3, -0.25) is 0 Å². The zero-order valence-corrected chi connectivity index (χ0v) is 11.4. The third-order valence-corrected chi connectivity index (χ3v) is 3.20. The van der Waals surface area contributed by atoms with E-state index in [1.807, 2.05) is 19.1 Å². The summed E-state index contributed by atoms with van der Waals surface area (Å²) in [5.41, 5.74) is 1.02. The van der Waals surface area contributed by atoms with Crippen molar-refractivity contribution in [3.8, 4) is 0 Å². The maximum atomic E-state index is 6.14. The van der Waals surface area contributed by atoms with Crippen LogP contribution in [0, 0.1) is 0 Å². The summed E-state index contributed by atoms with van der Waals surface area (Å²) < 4.78 is 4.66. The molecule has 0 saturated carbocycles. The summed E-state index contributed by atoms with van der Waals surface area (Å²) in [4.78, 5) is 3.95. The van der Waals surface area contributed by atoms with E-state index in [4.69, 9.17) is 23.2 Å². The molecule has 1 atom stereocenters. The minimum Gasteiger partial charge on any atom is -0.343 e. The summed E-state index contributed by atoms with van der Waals surface area (Å²) in [7, 11) is 0. The van der Waals surface area contributed by atoms with Gasteiger partial charge in [0.25, 0.3) is 0 Å². The van der Waals surface area contributed by atoms with Crippen molar-refractivity contribution in [1.29, 1.82) is 0 Å². The van der Waals surface area contributed by atoms with Crippen molar-refractivity contribution in [2.45, 2.75) is 19.4 Å². The molecule has 1 aromatic carbocycles. The maximum absolute atomic E-state index is 6.14. The number of nitrogens with zero attached hydrogens (tertiary/aromatic N) is 2. The van der Waals surface area contributed by atoms with Crippen LogP contribution in [-0.4, -0.2) is 16.7 Å². The van der Waals surface area contributed by atoms with Crippen LogP contribution >= 0.6 is 23.2 Å². The van der Waals surface area contributed by atoms with Crippen LogP contribution in [0.5, 0.6) is 0 Å². The minimum absolute atomic E-state index is 0.140. The zero-order chi connectivity index (χ0) is 13.0. The summed E-state index contributed by atoms with van der Waals surface area (Å²) in [6, 6.07) is 5.65. The van der Waals surface area contributed by atoms with Crippen LogP contribution in [0.4, 0.5) is 0 Å². The Morgan fingerprint density at radius 3 is 2.89 bits per heavy atom. The Morgan fingerprint density at radius 2 is 2.22 bits per heavy atom. The molecule has 2 aromatic rings. The van der Waals surface area contributed by atoms with Crippen LogP contribution in [-0.2, 0) is 6.42 Å². The third-order valence-electron chi connectivity index (χ3n) is 2.64. The van der Waals surface area contributed by atoms with Crippen LogP contribution in [0.25, 0.3) is 0 Å². The first kappa shape index (κ1) is 13.3. The molecule has 18 heavy (non-hydrogen) atoms. The molecule has 0 amide bonds. The first-order chi connectivity index (χ1) is 8.66. The summed E-state index contributed by atoms with van der Waals surface area (Å²) in [6.07, 6.45) is 2.04. The molecule has 1 unspecified atom stereocenters. The molecular weight excluding hydrogens is 273 g/mol. The normalized spacial score (nSPS) is 12.6. The van der Waals surface area contributed by atoms with Crippen LogP contribution in [0.15, 0.2) is 29.1 Å². The summed E-state index contributed by atoms with van der Waals surface area (Å²) >= 11 is 12.0. The molecule has 0 aliphatic heterocycles. The topological polar surface area (TPSA) is 51.0 Å². The Bertz CT molecular complexity index is 502. The molecule has 0 fully saturated rings. The number of nitrogens with one attached hydrogen (secondary N) is 1. The highest BCUT2D eigenvalue weighted by atomic mass is 35.5. The Balaban J connectivity index is 1.89. The van der Waals surface area contributed by atoms with E-state index < -0.39 is 0 Å². The number of rotatable bonds is 5. The van der Waals surface area contributed by atoms with Gasteiger partial charge in [-0.2, -0.15) is 4.98 Å². The highest BCUT2D eigenvalue weighted by Gasteiger charge is 2.09. The standard InChI is InChI=1S/C12H13Cl2N3O/c1-8(10-3-2-9(13)6-11(10)14)15-5-4-12-16-7-18-17-12/h2-3,6-8,15H,4-5H2,1H3. The van der Waals surface area contributed by atoms with Crippen molar-refractivity contribution < 1.29 is 4.52 Å². The van der Waals surface area contributed by atoms with Crippen molar-refractivity contribution in [2.75, 3.05) is 6.54 Å². The lowest BCUT2D eigenvalue weighted by Gasteiger charge is -2.15. The maximum Gasteiger partial charge on any atom is 0.213 e. The van der Waals surface area contributed by atoms with Crippen molar-refractivity contribution in [3.05, 3.63) is 46.0 Å². The molecule has 4 nitrogen and oxygen atoms in total. The first-order valence-electron chi connectivity index (χ1n) is 5.60. The summed E-state index contributed by atoms with van der Waals surface area (Å²) in [6.45, 7) is 2.80. The van der Waals surface area contributed by atoms with Gasteiger partial charge in [-0.15, -0.1) is 0 Å². The molecule has 0 radical (unpaired) electrons. The van der Waals surface area contributed by atoms with E-state index in [0.717, 1.165) is 12.1 Å². The lowest BCUT2D eigenvalue weighted by molar-refractivity contribution is 0.408. The second-order valence-electron chi connectivity index (χ2n) is 3.94. The van der Waals surface area contributed by atoms with Crippen molar-refractivity contribution in [2.24, 2.45) is 0 Å². The van der Waals surface area contributed by atoms with E-state index in [1.54, 1.807) is 6.07 Å². The quantitative estimate of drug-likeness (QED) is 0.916. The van der Waals surface area contributed by atoms with E-state index in [0.29, 0.717) is 22.3 Å². The highest BCUT2D eigenvalue weighted by Crippen LogP contribution is 2.25. The molecule has 0 bridgehead atoms. The summed E-state index contributed by atoms with van der Waals surface area (Å²) in [5.74, 6) is 0.692. The Morgan fingerprint density at radius 1 is 1.39 bits per heavy atom. The van der Waals surface area contributed by atoms with E-state index in [9.17, 15) is 0 Å². The van der Waals surface area contributed by atoms with Crippen LogP contribution < -0.4 is 5.32 Å². The molecule has 0 aliphatic rings. The van der Waals surface area contributed by atoms with Crippen molar-refractivity contribution in [1.82, 2.24) is 15.5 Å². The highest BCUT2D eigenvalue weighted by molar-refractivity contribution is 6.35. The van der Waals surface area contributed by atoms with Gasteiger partial charge in [-0.05, 0) is 24.6 Å². The summed E-state index contributed by atoms with van der Waals surface area (Å²) in [5, 5.41) is 8.40. The fourth-order valence-electron chi connectivity index (χ4n) is 1.67. The second kappa shape index (κ2) is 6.18. The van der Waals surface area contributed by atoms with E-state index in [-0.39, 0.29) is 6.04 Å². The average molecular weight is 286 g/mol. The second-order valence-corrected chi connectivity index (χ2v) is 4.78. The van der Waals surface area contributed by atoms with Gasteiger partial charge in [0, 0.05) is 29.1 Å². The average Bonchev–Trinajstić information content (AvgIpc) is 2.81. The fraction of sp³-hybridized carbons (Fsp3) is 0.333. The fourth-order valence-corrected chi connectivity index (χ4v) is 2.24. The number of halogens is 2. The van der Waals surface area contributed by atoms with E-state index >= 15 is 0 Å². The third kappa shape index (κ3) is 3.45. The van der Waals surface area contributed by atoms with Gasteiger partial charge in [-0.1, -0.05) is 34.4 Å². The molecule has 0 aliphatic carbocycles. The lowest BCUT2D eigenvalue weighted by atomic mass is 10.1. The minimum atomic E-state index is 0.140. The van der Waals surface area contributed by atoms with Crippen LogP contribution in [0.1, 0.15) is 24.4 Å². The smallest absolute Gasteiger partial charge is 0.213 e. The van der Waals surface area contributed by atoms with E-state index in [1.165, 1.54) is 6.39 Å². The van der Waals surface area contributed by atoms with Gasteiger partial charge in [-0.25, -0.2) is 0 Å². The number of hydrogen-bond donors (Lipinski definition) is 1. The Kier molecular flexibility index (Phi) is 4.58. The molecular formula is C12H13Cl2N3O. The van der Waals surface area contributed by atoms with Gasteiger partial charge >= 0.3 is 0 Å². The molecule has 2 rings (SSSR count). The van der Waals surface area contributed by atoms with Gasteiger partial charge in [0.05, 0.1) is 0 Å². The number of benzene rings is 1. The number of aromatic nitrogens is 2. The first-order valence-corrected chi connectivity index (χ1v) is 6.36. The number of hydrogen-bond acceptors (Lipinski definition) is 4. The lowest BCUT2D eigenvalue weighted by Crippen LogP contribution is -2.22. The molecule has 1 heterocycles. The van der Waals surface area contributed by atoms with Gasteiger partial charge < -0.3 is 9.84 Å². The van der Waals surface area contributed by atoms with Crippen LogP contribution in [0.3, 0.4) is 0 Å². The SMILES string of the molecule is CC(NCCc1ncon1)c1ccc(Cl)cc1Cl. The predicted octanol–water partition coefficient (Wildman–Crippen LogP) is 3.27. The molecule has 6 heteroatoms. The Hall–Kier alpha value is -1.10. The predicted molar refractivity (Wildman–Crippen MR) is 70.9 cm³/mol. The van der Waals surface area contributed by atoms with Crippen LogP contribution in [0.2, 0.25) is 10.0 Å². The van der Waals surface area contributed by atoms with Gasteiger partial charge in [0.2, 0.25) is 6.39 Å². The van der Waals surface area contributed by atoms with Gasteiger partial charge in [0.15, 0.2) is 5.82 Å². The van der Waals surface area contributed by atoms with Gasteiger partial charge in [0.1, 0.15) is 0 Å². The molecule has 0 saturated heterocycles. The molecule has 1 aromatic heterocycles. The zero-order valence-electron chi connectivity index (χ0n) is 9.86. The largest absolute Gasteiger partial charge is 0.343 e. The van der Waals surface area contributed by atoms with Crippen molar-refractivity contribution in [3.63, 3.8) is 0 Å². The Labute approximate surface area is 115 Å². The molecule has 96 valence electrons. The molecule has 1 N–H and O–H groups in total.